The molecule has 0 spiro atoms. The average molecular weight is 343 g/mol. The lowest BCUT2D eigenvalue weighted by Gasteiger charge is -2.34. The van der Waals surface area contributed by atoms with Crippen molar-refractivity contribution in [3.05, 3.63) is 24.2 Å². The standard InChI is InChI=1S/C17H21N5O3/c1-23-15-7-14(18-9-19-15)22-5-4-11-6-12(24-13(11)8-22)17-21-20-16(25-17)10-2-3-10/h7,9-13H,2-6,8H2,1H3/t11-,12+,13+/m1/s1. The molecule has 0 N–H and O–H groups in total. The molecule has 2 aromatic rings. The van der Waals surface area contributed by atoms with E-state index >= 15 is 0 Å². The van der Waals surface area contributed by atoms with Gasteiger partial charge in [0.25, 0.3) is 0 Å². The van der Waals surface area contributed by atoms with E-state index in [1.54, 1.807) is 7.11 Å². The number of nitrogens with zero attached hydrogens (tertiary/aromatic N) is 5. The minimum atomic E-state index is -0.0742. The van der Waals surface area contributed by atoms with Crippen molar-refractivity contribution in [1.82, 2.24) is 20.2 Å². The fourth-order valence-electron chi connectivity index (χ4n) is 3.78. The Morgan fingerprint density at radius 3 is 2.88 bits per heavy atom. The number of aromatic nitrogens is 4. The van der Waals surface area contributed by atoms with Gasteiger partial charge >= 0.3 is 0 Å². The van der Waals surface area contributed by atoms with Gasteiger partial charge in [-0.1, -0.05) is 0 Å². The third-order valence-corrected chi connectivity index (χ3v) is 5.37. The van der Waals surface area contributed by atoms with Crippen LogP contribution in [0.3, 0.4) is 0 Å². The summed E-state index contributed by atoms with van der Waals surface area (Å²) in [5, 5.41) is 8.41. The van der Waals surface area contributed by atoms with Gasteiger partial charge in [-0.05, 0) is 31.6 Å². The predicted molar refractivity (Wildman–Crippen MR) is 87.4 cm³/mol. The van der Waals surface area contributed by atoms with Gasteiger partial charge in [0.1, 0.15) is 18.2 Å². The van der Waals surface area contributed by atoms with Crippen molar-refractivity contribution in [3.63, 3.8) is 0 Å². The average Bonchev–Trinajstić information content (AvgIpc) is 3.23. The van der Waals surface area contributed by atoms with E-state index in [0.717, 1.165) is 50.5 Å². The molecule has 0 bridgehead atoms. The number of ether oxygens (including phenoxy) is 2. The SMILES string of the molecule is COc1cc(N2CC[C@@H]3C[C@@H](c4nnc(C5CC5)o4)O[C@H]3C2)ncn1. The summed E-state index contributed by atoms with van der Waals surface area (Å²) in [5.74, 6) is 3.89. The Morgan fingerprint density at radius 2 is 2.04 bits per heavy atom. The second-order valence-electron chi connectivity index (χ2n) is 7.07. The quantitative estimate of drug-likeness (QED) is 0.834. The second-order valence-corrected chi connectivity index (χ2v) is 7.07. The fourth-order valence-corrected chi connectivity index (χ4v) is 3.78. The van der Waals surface area contributed by atoms with Gasteiger partial charge in [-0.15, -0.1) is 10.2 Å². The van der Waals surface area contributed by atoms with Crippen LogP contribution in [0.15, 0.2) is 16.8 Å². The molecule has 3 fully saturated rings. The fraction of sp³-hybridized carbons (Fsp3) is 0.647. The molecule has 0 unspecified atom stereocenters. The van der Waals surface area contributed by atoms with E-state index < -0.39 is 0 Å². The topological polar surface area (TPSA) is 86.4 Å². The van der Waals surface area contributed by atoms with Crippen LogP contribution in [0.1, 0.15) is 49.5 Å². The van der Waals surface area contributed by atoms with Gasteiger partial charge < -0.3 is 18.8 Å². The molecule has 132 valence electrons. The molecule has 4 heterocycles. The highest BCUT2D eigenvalue weighted by Crippen LogP contribution is 2.43. The van der Waals surface area contributed by atoms with Crippen LogP contribution in [0.5, 0.6) is 5.88 Å². The Bertz CT molecular complexity index is 762. The molecule has 1 saturated carbocycles. The number of hydrogen-bond acceptors (Lipinski definition) is 8. The van der Waals surface area contributed by atoms with Crippen LogP contribution in [0.2, 0.25) is 0 Å². The number of anilines is 1. The van der Waals surface area contributed by atoms with Crippen molar-refractivity contribution < 1.29 is 13.9 Å². The van der Waals surface area contributed by atoms with Crippen molar-refractivity contribution >= 4 is 5.82 Å². The Labute approximate surface area is 145 Å². The molecule has 0 radical (unpaired) electrons. The molecule has 0 amide bonds. The van der Waals surface area contributed by atoms with Gasteiger partial charge in [-0.25, -0.2) is 9.97 Å². The summed E-state index contributed by atoms with van der Waals surface area (Å²) in [6.07, 6.45) is 5.97. The summed E-state index contributed by atoms with van der Waals surface area (Å²) in [7, 11) is 1.61. The first kappa shape index (κ1) is 15.1. The van der Waals surface area contributed by atoms with E-state index in [4.69, 9.17) is 13.9 Å². The second kappa shape index (κ2) is 5.94. The largest absolute Gasteiger partial charge is 0.481 e. The first-order valence-electron chi connectivity index (χ1n) is 8.90. The first-order valence-corrected chi connectivity index (χ1v) is 8.90. The molecule has 8 heteroatoms. The third kappa shape index (κ3) is 2.84. The van der Waals surface area contributed by atoms with E-state index in [0.29, 0.717) is 23.6 Å². The summed E-state index contributed by atoms with van der Waals surface area (Å²) in [5.41, 5.74) is 0. The van der Waals surface area contributed by atoms with Crippen LogP contribution in [-0.2, 0) is 4.74 Å². The molecule has 2 aromatic heterocycles. The lowest BCUT2D eigenvalue weighted by atomic mass is 9.92. The minimum Gasteiger partial charge on any atom is -0.481 e. The van der Waals surface area contributed by atoms with E-state index in [1.165, 1.54) is 6.33 Å². The Morgan fingerprint density at radius 1 is 1.16 bits per heavy atom. The van der Waals surface area contributed by atoms with Crippen molar-refractivity contribution in [2.45, 2.75) is 43.8 Å². The summed E-state index contributed by atoms with van der Waals surface area (Å²) in [4.78, 5) is 10.7. The molecule has 1 aliphatic carbocycles. The minimum absolute atomic E-state index is 0.0742. The van der Waals surface area contributed by atoms with Gasteiger partial charge in [-0.3, -0.25) is 0 Å². The van der Waals surface area contributed by atoms with Crippen molar-refractivity contribution in [2.24, 2.45) is 5.92 Å². The number of methoxy groups -OCH3 is 1. The van der Waals surface area contributed by atoms with Gasteiger partial charge in [0.2, 0.25) is 17.7 Å². The van der Waals surface area contributed by atoms with Crippen LogP contribution in [0, 0.1) is 5.92 Å². The monoisotopic (exact) mass is 343 g/mol. The van der Waals surface area contributed by atoms with Gasteiger partial charge in [0, 0.05) is 25.1 Å². The molecule has 3 atom stereocenters. The number of rotatable bonds is 4. The lowest BCUT2D eigenvalue weighted by molar-refractivity contribution is 0.0184. The lowest BCUT2D eigenvalue weighted by Crippen LogP contribution is -2.42. The highest BCUT2D eigenvalue weighted by Gasteiger charge is 2.42. The maximum Gasteiger partial charge on any atom is 0.245 e. The van der Waals surface area contributed by atoms with Gasteiger partial charge in [0.05, 0.1) is 13.2 Å². The summed E-state index contributed by atoms with van der Waals surface area (Å²) in [6.45, 7) is 1.76. The number of hydrogen-bond donors (Lipinski definition) is 0. The van der Waals surface area contributed by atoms with Crippen molar-refractivity contribution in [3.8, 4) is 5.88 Å². The van der Waals surface area contributed by atoms with Crippen LogP contribution < -0.4 is 9.64 Å². The van der Waals surface area contributed by atoms with E-state index in [2.05, 4.69) is 25.1 Å². The zero-order chi connectivity index (χ0) is 16.8. The van der Waals surface area contributed by atoms with Crippen LogP contribution in [0.4, 0.5) is 5.82 Å². The molecule has 5 rings (SSSR count). The Kier molecular flexibility index (Phi) is 3.58. The third-order valence-electron chi connectivity index (χ3n) is 5.37. The van der Waals surface area contributed by atoms with Crippen LogP contribution >= 0.6 is 0 Å². The summed E-state index contributed by atoms with van der Waals surface area (Å²) in [6, 6.07) is 1.87. The molecule has 8 nitrogen and oxygen atoms in total. The maximum absolute atomic E-state index is 6.26. The highest BCUT2D eigenvalue weighted by atomic mass is 16.5. The number of piperidine rings is 1. The van der Waals surface area contributed by atoms with Gasteiger partial charge in [-0.2, -0.15) is 0 Å². The van der Waals surface area contributed by atoms with Gasteiger partial charge in [0.15, 0.2) is 0 Å². The smallest absolute Gasteiger partial charge is 0.245 e. The Balaban J connectivity index is 1.28. The zero-order valence-corrected chi connectivity index (χ0v) is 14.2. The molecule has 25 heavy (non-hydrogen) atoms. The zero-order valence-electron chi connectivity index (χ0n) is 14.2. The van der Waals surface area contributed by atoms with E-state index in [1.807, 2.05) is 6.07 Å². The normalized spacial score (nSPS) is 28.8. The number of fused-ring (bicyclic) bond motifs is 1. The summed E-state index contributed by atoms with van der Waals surface area (Å²) >= 11 is 0. The molecule has 2 aliphatic heterocycles. The predicted octanol–water partition coefficient (Wildman–Crippen LogP) is 2.10. The molecular formula is C17H21N5O3. The molecule has 0 aromatic carbocycles. The van der Waals surface area contributed by atoms with Crippen LogP contribution in [0.25, 0.3) is 0 Å². The summed E-state index contributed by atoms with van der Waals surface area (Å²) < 4.78 is 17.3. The highest BCUT2D eigenvalue weighted by molar-refractivity contribution is 5.41. The Hall–Kier alpha value is -2.22. The van der Waals surface area contributed by atoms with Crippen molar-refractivity contribution in [2.75, 3.05) is 25.1 Å². The van der Waals surface area contributed by atoms with Crippen LogP contribution in [-0.4, -0.2) is 46.5 Å². The molecule has 3 aliphatic rings. The van der Waals surface area contributed by atoms with E-state index in [-0.39, 0.29) is 12.2 Å². The molecular weight excluding hydrogens is 322 g/mol. The maximum atomic E-state index is 6.26. The first-order chi connectivity index (χ1) is 12.3. The molecule has 2 saturated heterocycles. The van der Waals surface area contributed by atoms with E-state index in [9.17, 15) is 0 Å². The van der Waals surface area contributed by atoms with Crippen molar-refractivity contribution in [1.29, 1.82) is 0 Å².